The van der Waals surface area contributed by atoms with Crippen LogP contribution in [0, 0.1) is 11.3 Å². The van der Waals surface area contributed by atoms with Crippen molar-refractivity contribution in [2.24, 2.45) is 11.3 Å². The van der Waals surface area contributed by atoms with E-state index in [-0.39, 0.29) is 18.0 Å². The molecule has 1 aromatic heterocycles. The lowest BCUT2D eigenvalue weighted by Gasteiger charge is -2.46. The van der Waals surface area contributed by atoms with Crippen molar-refractivity contribution in [3.63, 3.8) is 0 Å². The van der Waals surface area contributed by atoms with Crippen LogP contribution in [0.1, 0.15) is 51.2 Å². The van der Waals surface area contributed by atoms with Gasteiger partial charge in [0.25, 0.3) is 0 Å². The zero-order valence-electron chi connectivity index (χ0n) is 15.8. The second-order valence-electron chi connectivity index (χ2n) is 8.70. The Kier molecular flexibility index (Phi) is 4.57. The third-order valence-corrected chi connectivity index (χ3v) is 8.23. The molecule has 3 heterocycles. The third kappa shape index (κ3) is 3.18. The number of benzene rings is 1. The molecular weight excluding hydrogens is 386 g/mol. The Morgan fingerprint density at radius 1 is 1.30 bits per heavy atom. The van der Waals surface area contributed by atoms with Gasteiger partial charge in [0, 0.05) is 28.1 Å². The monoisotopic (exact) mass is 411 g/mol. The lowest BCUT2D eigenvalue weighted by atomic mass is 9.67. The van der Waals surface area contributed by atoms with Gasteiger partial charge in [-0.25, -0.2) is 8.42 Å². The minimum Gasteiger partial charge on any atom is -0.388 e. The smallest absolute Gasteiger partial charge is 0.211 e. The van der Waals surface area contributed by atoms with E-state index in [0.29, 0.717) is 5.02 Å². The highest BCUT2D eigenvalue weighted by Gasteiger charge is 2.50. The van der Waals surface area contributed by atoms with Crippen molar-refractivity contribution < 1.29 is 13.5 Å². The Bertz CT molecular complexity index is 958. The highest BCUT2D eigenvalue weighted by molar-refractivity contribution is 7.88. The number of piperidine rings is 1. The zero-order valence-corrected chi connectivity index (χ0v) is 17.4. The molecule has 2 aliphatic heterocycles. The first kappa shape index (κ1) is 19.2. The van der Waals surface area contributed by atoms with E-state index in [1.54, 1.807) is 16.6 Å². The summed E-state index contributed by atoms with van der Waals surface area (Å²) in [5.74, 6) is 0.222. The van der Waals surface area contributed by atoms with Crippen molar-refractivity contribution in [1.82, 2.24) is 14.5 Å². The highest BCUT2D eigenvalue weighted by Crippen LogP contribution is 2.51. The normalized spacial score (nSPS) is 28.0. The average molecular weight is 412 g/mol. The van der Waals surface area contributed by atoms with Crippen LogP contribution in [0.5, 0.6) is 0 Å². The molecule has 2 unspecified atom stereocenters. The summed E-state index contributed by atoms with van der Waals surface area (Å²) >= 11 is 6.26. The second-order valence-corrected chi connectivity index (χ2v) is 11.0. The number of aromatic amines is 1. The number of nitrogens with zero attached hydrogens (tertiary/aromatic N) is 2. The average Bonchev–Trinajstić information content (AvgIpc) is 3.15. The number of hydrogen-bond donors (Lipinski definition) is 2. The Balaban J connectivity index is 1.65. The number of nitrogens with one attached hydrogen (secondary N) is 1. The molecule has 2 aromatic rings. The van der Waals surface area contributed by atoms with Crippen molar-refractivity contribution in [2.45, 2.75) is 57.7 Å². The van der Waals surface area contributed by atoms with Gasteiger partial charge in [-0.1, -0.05) is 25.4 Å². The van der Waals surface area contributed by atoms with Crippen molar-refractivity contribution in [3.05, 3.63) is 28.9 Å². The molecule has 2 N–H and O–H groups in total. The van der Waals surface area contributed by atoms with E-state index in [9.17, 15) is 13.5 Å². The second kappa shape index (κ2) is 6.44. The molecule has 8 heteroatoms. The summed E-state index contributed by atoms with van der Waals surface area (Å²) in [5.41, 5.74) is 1.13. The summed E-state index contributed by atoms with van der Waals surface area (Å²) in [5, 5.41) is 19.8. The summed E-state index contributed by atoms with van der Waals surface area (Å²) in [6, 6.07) is 3.71. The SMILES string of the molecule is CC(C)(C(O)c1cc(Cl)cc2cn[nH]c12)[C@H]1CC2CC[C@@H](C1)N2S(C)(=O)=O. The van der Waals surface area contributed by atoms with Crippen LogP contribution >= 0.6 is 11.6 Å². The van der Waals surface area contributed by atoms with Gasteiger partial charge in [0.15, 0.2) is 0 Å². The quantitative estimate of drug-likeness (QED) is 0.806. The van der Waals surface area contributed by atoms with Crippen LogP contribution in [0.2, 0.25) is 5.02 Å². The molecule has 2 saturated heterocycles. The summed E-state index contributed by atoms with van der Waals surface area (Å²) in [6.07, 6.45) is 5.65. The topological polar surface area (TPSA) is 86.3 Å². The molecule has 4 rings (SSSR count). The van der Waals surface area contributed by atoms with E-state index in [1.165, 1.54) is 6.26 Å². The third-order valence-electron chi connectivity index (χ3n) is 6.64. The number of aromatic nitrogens is 2. The number of aliphatic hydroxyl groups is 1. The molecule has 0 radical (unpaired) electrons. The van der Waals surface area contributed by atoms with E-state index < -0.39 is 21.5 Å². The fourth-order valence-electron chi connectivity index (χ4n) is 5.17. The maximum absolute atomic E-state index is 12.2. The van der Waals surface area contributed by atoms with Crippen molar-refractivity contribution in [1.29, 1.82) is 0 Å². The van der Waals surface area contributed by atoms with Crippen LogP contribution in [0.3, 0.4) is 0 Å². The van der Waals surface area contributed by atoms with Crippen LogP contribution in [-0.2, 0) is 10.0 Å². The standard InChI is InChI=1S/C19H26ClN3O3S/c1-19(2,12-7-14-4-5-15(8-12)23(14)27(3,25)26)18(24)16-9-13(20)6-11-10-21-22-17(11)16/h6,9-10,12,14-15,18,24H,4-5,7-8H2,1-3H3,(H,21,22)/t12-,14+,15?,18?/m1/s1. The van der Waals surface area contributed by atoms with Gasteiger partial charge in [-0.15, -0.1) is 0 Å². The number of rotatable bonds is 4. The Labute approximate surface area is 164 Å². The van der Waals surface area contributed by atoms with Gasteiger partial charge in [0.1, 0.15) is 0 Å². The van der Waals surface area contributed by atoms with Crippen molar-refractivity contribution in [2.75, 3.05) is 6.26 Å². The predicted molar refractivity (Wildman–Crippen MR) is 106 cm³/mol. The molecule has 2 bridgehead atoms. The minimum atomic E-state index is -3.19. The first-order valence-electron chi connectivity index (χ1n) is 9.38. The summed E-state index contributed by atoms with van der Waals surface area (Å²) in [6.45, 7) is 4.14. The Morgan fingerprint density at radius 3 is 2.52 bits per heavy atom. The Morgan fingerprint density at radius 2 is 1.93 bits per heavy atom. The van der Waals surface area contributed by atoms with Crippen LogP contribution in [0.4, 0.5) is 0 Å². The van der Waals surface area contributed by atoms with E-state index in [2.05, 4.69) is 24.0 Å². The molecule has 2 aliphatic rings. The van der Waals surface area contributed by atoms with Gasteiger partial charge in [-0.2, -0.15) is 9.40 Å². The number of halogens is 1. The molecule has 148 valence electrons. The number of H-pyrrole nitrogens is 1. The van der Waals surface area contributed by atoms with E-state index in [0.717, 1.165) is 42.1 Å². The lowest BCUT2D eigenvalue weighted by molar-refractivity contribution is -0.0221. The van der Waals surface area contributed by atoms with Crippen molar-refractivity contribution >= 4 is 32.5 Å². The van der Waals surface area contributed by atoms with Gasteiger partial charge >= 0.3 is 0 Å². The van der Waals surface area contributed by atoms with Crippen LogP contribution < -0.4 is 0 Å². The molecule has 0 amide bonds. The molecule has 1 aromatic carbocycles. The maximum Gasteiger partial charge on any atom is 0.211 e. The fourth-order valence-corrected chi connectivity index (χ4v) is 6.87. The number of sulfonamides is 1. The van der Waals surface area contributed by atoms with E-state index in [1.807, 2.05) is 6.07 Å². The van der Waals surface area contributed by atoms with E-state index in [4.69, 9.17) is 11.6 Å². The van der Waals surface area contributed by atoms with Gasteiger partial charge in [0.05, 0.1) is 24.1 Å². The molecule has 0 aliphatic carbocycles. The number of hydrogen-bond acceptors (Lipinski definition) is 4. The molecule has 27 heavy (non-hydrogen) atoms. The van der Waals surface area contributed by atoms with Gasteiger partial charge in [0.2, 0.25) is 10.0 Å². The van der Waals surface area contributed by atoms with Crippen LogP contribution in [-0.4, -0.2) is 46.4 Å². The van der Waals surface area contributed by atoms with Gasteiger partial charge in [-0.05, 0) is 49.1 Å². The lowest BCUT2D eigenvalue weighted by Crippen LogP contribution is -2.49. The largest absolute Gasteiger partial charge is 0.388 e. The summed E-state index contributed by atoms with van der Waals surface area (Å²) < 4.78 is 26.0. The number of fused-ring (bicyclic) bond motifs is 3. The molecule has 2 fully saturated rings. The van der Waals surface area contributed by atoms with Crippen LogP contribution in [0.15, 0.2) is 18.3 Å². The first-order valence-corrected chi connectivity index (χ1v) is 11.6. The minimum absolute atomic E-state index is 0.0433. The molecule has 0 saturated carbocycles. The van der Waals surface area contributed by atoms with Gasteiger partial charge in [-0.3, -0.25) is 5.10 Å². The zero-order chi connectivity index (χ0) is 19.6. The fraction of sp³-hybridized carbons (Fsp3) is 0.632. The van der Waals surface area contributed by atoms with Gasteiger partial charge < -0.3 is 5.11 Å². The molecule has 6 nitrogen and oxygen atoms in total. The molecule has 4 atom stereocenters. The van der Waals surface area contributed by atoms with Crippen LogP contribution in [0.25, 0.3) is 10.9 Å². The number of aliphatic hydroxyl groups excluding tert-OH is 1. The predicted octanol–water partition coefficient (Wildman–Crippen LogP) is 3.48. The molecule has 0 spiro atoms. The molecular formula is C19H26ClN3O3S. The summed E-state index contributed by atoms with van der Waals surface area (Å²) in [7, 11) is -3.19. The Hall–Kier alpha value is -1.15. The summed E-state index contributed by atoms with van der Waals surface area (Å²) in [4.78, 5) is 0. The van der Waals surface area contributed by atoms with E-state index >= 15 is 0 Å². The maximum atomic E-state index is 12.2. The van der Waals surface area contributed by atoms with Crippen molar-refractivity contribution in [3.8, 4) is 0 Å². The first-order chi connectivity index (χ1) is 12.6. The highest BCUT2D eigenvalue weighted by atomic mass is 35.5.